The zero-order valence-corrected chi connectivity index (χ0v) is 22.8. The SMILES string of the molecule is CCOc1ccc(/C(O)=C2\C(=O)C(=O)N(c3cc(C)cc(C)c3)C2c2cn(C)c3ccccc23)c(OCC)c1. The van der Waals surface area contributed by atoms with Crippen LogP contribution >= 0.6 is 0 Å². The van der Waals surface area contributed by atoms with Crippen molar-refractivity contribution in [1.29, 1.82) is 0 Å². The monoisotopic (exact) mass is 524 g/mol. The quantitative estimate of drug-likeness (QED) is 0.176. The van der Waals surface area contributed by atoms with Gasteiger partial charge in [0.05, 0.1) is 30.4 Å². The first-order valence-corrected chi connectivity index (χ1v) is 13.1. The molecule has 0 saturated carbocycles. The molecular weight excluding hydrogens is 492 g/mol. The summed E-state index contributed by atoms with van der Waals surface area (Å²) in [6.07, 6.45) is 1.92. The van der Waals surface area contributed by atoms with Crippen molar-refractivity contribution in [3.63, 3.8) is 0 Å². The molecule has 4 aromatic rings. The fourth-order valence-corrected chi connectivity index (χ4v) is 5.45. The Morgan fingerprint density at radius 3 is 2.31 bits per heavy atom. The van der Waals surface area contributed by atoms with Crippen molar-refractivity contribution in [3.05, 3.63) is 94.7 Å². The molecule has 7 nitrogen and oxygen atoms in total. The third-order valence-electron chi connectivity index (χ3n) is 6.97. The van der Waals surface area contributed by atoms with E-state index in [1.165, 1.54) is 4.90 Å². The van der Waals surface area contributed by atoms with Crippen molar-refractivity contribution in [2.75, 3.05) is 18.1 Å². The summed E-state index contributed by atoms with van der Waals surface area (Å²) in [4.78, 5) is 29.0. The normalized spacial score (nSPS) is 16.7. The molecule has 200 valence electrons. The smallest absolute Gasteiger partial charge is 0.300 e. The molecule has 2 heterocycles. The maximum absolute atomic E-state index is 13.8. The molecule has 5 rings (SSSR count). The second-order valence-electron chi connectivity index (χ2n) is 9.75. The van der Waals surface area contributed by atoms with E-state index in [0.717, 1.165) is 27.6 Å². The molecule has 7 heteroatoms. The summed E-state index contributed by atoms with van der Waals surface area (Å²) in [5, 5.41) is 12.7. The summed E-state index contributed by atoms with van der Waals surface area (Å²) >= 11 is 0. The van der Waals surface area contributed by atoms with E-state index in [2.05, 4.69) is 0 Å². The highest BCUT2D eigenvalue weighted by atomic mass is 16.5. The van der Waals surface area contributed by atoms with Gasteiger partial charge in [0.1, 0.15) is 17.3 Å². The zero-order chi connectivity index (χ0) is 27.8. The Labute approximate surface area is 227 Å². The number of nitrogens with zero attached hydrogens (tertiary/aromatic N) is 2. The number of carbonyl (C=O) groups is 2. The van der Waals surface area contributed by atoms with Gasteiger partial charge in [-0.25, -0.2) is 0 Å². The molecule has 0 aliphatic carbocycles. The molecule has 1 atom stereocenters. The van der Waals surface area contributed by atoms with Gasteiger partial charge in [-0.3, -0.25) is 14.5 Å². The molecule has 1 N–H and O–H groups in total. The fourth-order valence-electron chi connectivity index (χ4n) is 5.45. The number of ether oxygens (including phenoxy) is 2. The Balaban J connectivity index is 1.80. The molecular formula is C32H32N2O5. The number of para-hydroxylation sites is 1. The van der Waals surface area contributed by atoms with Crippen LogP contribution in [0.4, 0.5) is 5.69 Å². The number of Topliss-reactive ketones (excluding diaryl/α,β-unsaturated/α-hetero) is 1. The van der Waals surface area contributed by atoms with Crippen molar-refractivity contribution < 1.29 is 24.2 Å². The van der Waals surface area contributed by atoms with Crippen LogP contribution < -0.4 is 14.4 Å². The summed E-state index contributed by atoms with van der Waals surface area (Å²) in [5.41, 5.74) is 4.57. The standard InChI is InChI=1S/C32H32N2O5/c1-6-38-22-12-13-24(27(17-22)39-7-2)30(35)28-29(25-18-33(5)26-11-9-8-10-23(25)26)34(32(37)31(28)36)21-15-19(3)14-20(4)16-21/h8-18,29,35H,6-7H2,1-5H3/b30-28+. The Hall–Kier alpha value is -4.52. The lowest BCUT2D eigenvalue weighted by molar-refractivity contribution is -0.132. The highest BCUT2D eigenvalue weighted by molar-refractivity contribution is 6.52. The second kappa shape index (κ2) is 10.3. The second-order valence-corrected chi connectivity index (χ2v) is 9.75. The molecule has 1 amide bonds. The van der Waals surface area contributed by atoms with E-state index in [1.807, 2.05) is 88.0 Å². The molecule has 39 heavy (non-hydrogen) atoms. The molecule has 1 fully saturated rings. The van der Waals surface area contributed by atoms with Gasteiger partial charge < -0.3 is 19.1 Å². The van der Waals surface area contributed by atoms with Gasteiger partial charge in [-0.2, -0.15) is 0 Å². The molecule has 1 aromatic heterocycles. The van der Waals surface area contributed by atoms with E-state index in [9.17, 15) is 14.7 Å². The number of aryl methyl sites for hydroxylation is 3. The first-order chi connectivity index (χ1) is 18.7. The number of aliphatic hydroxyl groups is 1. The Morgan fingerprint density at radius 2 is 1.62 bits per heavy atom. The van der Waals surface area contributed by atoms with Crippen LogP contribution in [0, 0.1) is 13.8 Å². The highest BCUT2D eigenvalue weighted by Crippen LogP contribution is 2.46. The predicted molar refractivity (Wildman–Crippen MR) is 152 cm³/mol. The van der Waals surface area contributed by atoms with E-state index >= 15 is 0 Å². The largest absolute Gasteiger partial charge is 0.507 e. The number of amides is 1. The minimum atomic E-state index is -0.849. The lowest BCUT2D eigenvalue weighted by Gasteiger charge is -2.26. The number of rotatable bonds is 7. The van der Waals surface area contributed by atoms with Gasteiger partial charge >= 0.3 is 0 Å². The zero-order valence-electron chi connectivity index (χ0n) is 22.8. The van der Waals surface area contributed by atoms with Crippen LogP contribution in [0.25, 0.3) is 16.7 Å². The number of carbonyl (C=O) groups excluding carboxylic acids is 2. The van der Waals surface area contributed by atoms with Crippen molar-refractivity contribution >= 4 is 34.0 Å². The minimum absolute atomic E-state index is 0.0145. The predicted octanol–water partition coefficient (Wildman–Crippen LogP) is 6.22. The van der Waals surface area contributed by atoms with Crippen LogP contribution in [0.15, 0.2) is 72.4 Å². The summed E-state index contributed by atoms with van der Waals surface area (Å²) in [6, 6.07) is 17.8. The molecule has 1 saturated heterocycles. The summed E-state index contributed by atoms with van der Waals surface area (Å²) < 4.78 is 13.4. The van der Waals surface area contributed by atoms with Crippen molar-refractivity contribution in [1.82, 2.24) is 4.57 Å². The van der Waals surface area contributed by atoms with Gasteiger partial charge in [0, 0.05) is 41.5 Å². The van der Waals surface area contributed by atoms with E-state index < -0.39 is 17.7 Å². The Morgan fingerprint density at radius 1 is 0.923 bits per heavy atom. The molecule has 1 aliphatic heterocycles. The van der Waals surface area contributed by atoms with Crippen molar-refractivity contribution in [2.24, 2.45) is 7.05 Å². The lowest BCUT2D eigenvalue weighted by atomic mass is 9.94. The molecule has 0 spiro atoms. The lowest BCUT2D eigenvalue weighted by Crippen LogP contribution is -2.29. The summed E-state index contributed by atoms with van der Waals surface area (Å²) in [6.45, 7) is 8.44. The van der Waals surface area contributed by atoms with E-state index in [0.29, 0.717) is 36.0 Å². The Kier molecular flexibility index (Phi) is 6.91. The van der Waals surface area contributed by atoms with E-state index in [1.54, 1.807) is 18.2 Å². The van der Waals surface area contributed by atoms with Crippen LogP contribution in [0.2, 0.25) is 0 Å². The third-order valence-corrected chi connectivity index (χ3v) is 6.97. The number of benzene rings is 3. The summed E-state index contributed by atoms with van der Waals surface area (Å²) in [7, 11) is 1.93. The fraction of sp³-hybridized carbons (Fsp3) is 0.250. The topological polar surface area (TPSA) is 81.0 Å². The summed E-state index contributed by atoms with van der Waals surface area (Å²) in [5.74, 6) is -0.775. The van der Waals surface area contributed by atoms with Crippen LogP contribution in [0.5, 0.6) is 11.5 Å². The number of hydrogen-bond acceptors (Lipinski definition) is 5. The van der Waals surface area contributed by atoms with Gasteiger partial charge in [-0.1, -0.05) is 24.3 Å². The average molecular weight is 525 g/mol. The van der Waals surface area contributed by atoms with Gasteiger partial charge in [0.25, 0.3) is 11.7 Å². The van der Waals surface area contributed by atoms with Crippen LogP contribution in [-0.2, 0) is 16.6 Å². The maximum atomic E-state index is 13.8. The number of ketones is 1. The third kappa shape index (κ3) is 4.54. The van der Waals surface area contributed by atoms with Gasteiger partial charge in [-0.05, 0) is 69.2 Å². The Bertz CT molecular complexity index is 1610. The maximum Gasteiger partial charge on any atom is 0.300 e. The molecule has 0 bridgehead atoms. The number of fused-ring (bicyclic) bond motifs is 1. The molecule has 1 aliphatic rings. The number of aliphatic hydroxyl groups excluding tert-OH is 1. The van der Waals surface area contributed by atoms with Crippen molar-refractivity contribution in [3.8, 4) is 11.5 Å². The van der Waals surface area contributed by atoms with Crippen molar-refractivity contribution in [2.45, 2.75) is 33.7 Å². The van der Waals surface area contributed by atoms with Crippen LogP contribution in [-0.4, -0.2) is 34.6 Å². The minimum Gasteiger partial charge on any atom is -0.507 e. The van der Waals surface area contributed by atoms with Gasteiger partial charge in [0.2, 0.25) is 0 Å². The van der Waals surface area contributed by atoms with Crippen LogP contribution in [0.3, 0.4) is 0 Å². The first kappa shape index (κ1) is 26.1. The van der Waals surface area contributed by atoms with Gasteiger partial charge in [-0.15, -0.1) is 0 Å². The van der Waals surface area contributed by atoms with E-state index in [-0.39, 0.29) is 11.3 Å². The van der Waals surface area contributed by atoms with E-state index in [4.69, 9.17) is 9.47 Å². The molecule has 3 aromatic carbocycles. The van der Waals surface area contributed by atoms with Gasteiger partial charge in [0.15, 0.2) is 0 Å². The molecule has 1 unspecified atom stereocenters. The number of aromatic nitrogens is 1. The average Bonchev–Trinajstić information content (AvgIpc) is 3.37. The van der Waals surface area contributed by atoms with Crippen LogP contribution in [0.1, 0.15) is 42.1 Å². The number of anilines is 1. The first-order valence-electron chi connectivity index (χ1n) is 13.1. The molecule has 0 radical (unpaired) electrons. The number of hydrogen-bond donors (Lipinski definition) is 1. The highest BCUT2D eigenvalue weighted by Gasteiger charge is 2.48.